The Morgan fingerprint density at radius 3 is 2.65 bits per heavy atom. The van der Waals surface area contributed by atoms with E-state index in [0.29, 0.717) is 6.54 Å². The van der Waals surface area contributed by atoms with E-state index in [1.54, 1.807) is 11.8 Å². The summed E-state index contributed by atoms with van der Waals surface area (Å²) in [5, 5.41) is 5.48. The van der Waals surface area contributed by atoms with Gasteiger partial charge in [0.15, 0.2) is 0 Å². The molecule has 2 N–H and O–H groups in total. The number of rotatable bonds is 3. The van der Waals surface area contributed by atoms with Gasteiger partial charge in [0.25, 0.3) is 0 Å². The normalized spacial score (nSPS) is 10.8. The predicted molar refractivity (Wildman–Crippen MR) is 71.1 cm³/mol. The maximum absolute atomic E-state index is 5.78. The van der Waals surface area contributed by atoms with Crippen LogP contribution < -0.4 is 5.73 Å². The number of aryl methyl sites for hydroxylation is 3. The summed E-state index contributed by atoms with van der Waals surface area (Å²) in [5.74, 6) is 0. The Kier molecular flexibility index (Phi) is 3.54. The average molecular weight is 247 g/mol. The van der Waals surface area contributed by atoms with Crippen LogP contribution in [0.15, 0.2) is 34.2 Å². The zero-order valence-corrected chi connectivity index (χ0v) is 11.2. The number of hydrogen-bond acceptors (Lipinski definition) is 3. The van der Waals surface area contributed by atoms with E-state index < -0.39 is 0 Å². The fraction of sp³-hybridized carbons (Fsp3) is 0.308. The van der Waals surface area contributed by atoms with Crippen molar-refractivity contribution in [2.45, 2.75) is 30.3 Å². The van der Waals surface area contributed by atoms with Crippen LogP contribution in [0, 0.1) is 13.8 Å². The van der Waals surface area contributed by atoms with Gasteiger partial charge < -0.3 is 5.73 Å². The van der Waals surface area contributed by atoms with E-state index in [0.717, 1.165) is 10.7 Å². The first-order valence-electron chi connectivity index (χ1n) is 5.58. The van der Waals surface area contributed by atoms with Gasteiger partial charge in [-0.3, -0.25) is 4.68 Å². The van der Waals surface area contributed by atoms with Crippen molar-refractivity contribution in [3.63, 3.8) is 0 Å². The summed E-state index contributed by atoms with van der Waals surface area (Å²) >= 11 is 1.72. The number of nitrogens with two attached hydrogens (primary N) is 1. The minimum absolute atomic E-state index is 0.570. The van der Waals surface area contributed by atoms with Crippen LogP contribution >= 0.6 is 11.8 Å². The summed E-state index contributed by atoms with van der Waals surface area (Å²) in [6.45, 7) is 4.66. The SMILES string of the molecule is Cc1ccc(Sc2cc(C)nn2C)c(CN)c1. The first-order chi connectivity index (χ1) is 8.10. The van der Waals surface area contributed by atoms with Crippen molar-refractivity contribution in [2.24, 2.45) is 12.8 Å². The molecule has 0 radical (unpaired) electrons. The number of aromatic nitrogens is 2. The molecule has 2 rings (SSSR count). The van der Waals surface area contributed by atoms with Gasteiger partial charge in [-0.2, -0.15) is 5.10 Å². The van der Waals surface area contributed by atoms with Crippen LogP contribution in [0.25, 0.3) is 0 Å². The summed E-state index contributed by atoms with van der Waals surface area (Å²) in [4.78, 5) is 1.21. The van der Waals surface area contributed by atoms with Gasteiger partial charge >= 0.3 is 0 Å². The molecule has 1 heterocycles. The fourth-order valence-corrected chi connectivity index (χ4v) is 2.80. The molecule has 0 saturated carbocycles. The Bertz CT molecular complexity index is 531. The summed E-state index contributed by atoms with van der Waals surface area (Å²) < 4.78 is 1.90. The summed E-state index contributed by atoms with van der Waals surface area (Å²) in [5.41, 5.74) is 9.25. The molecule has 0 amide bonds. The molecule has 0 spiro atoms. The Balaban J connectivity index is 2.32. The van der Waals surface area contributed by atoms with Gasteiger partial charge in [0.2, 0.25) is 0 Å². The van der Waals surface area contributed by atoms with Gasteiger partial charge in [-0.05, 0) is 31.5 Å². The van der Waals surface area contributed by atoms with Crippen LogP contribution in [0.1, 0.15) is 16.8 Å². The molecule has 0 fully saturated rings. The van der Waals surface area contributed by atoms with Gasteiger partial charge in [-0.25, -0.2) is 0 Å². The number of hydrogen-bond donors (Lipinski definition) is 1. The second-order valence-corrected chi connectivity index (χ2v) is 5.23. The molecule has 17 heavy (non-hydrogen) atoms. The van der Waals surface area contributed by atoms with Gasteiger partial charge in [0.05, 0.1) is 10.7 Å². The maximum Gasteiger partial charge on any atom is 0.0987 e. The maximum atomic E-state index is 5.78. The molecule has 0 unspecified atom stereocenters. The van der Waals surface area contributed by atoms with E-state index in [4.69, 9.17) is 5.73 Å². The Morgan fingerprint density at radius 1 is 1.29 bits per heavy atom. The third-order valence-electron chi connectivity index (χ3n) is 2.61. The van der Waals surface area contributed by atoms with Crippen LogP contribution in [0.4, 0.5) is 0 Å². The van der Waals surface area contributed by atoms with Gasteiger partial charge in [0.1, 0.15) is 0 Å². The highest BCUT2D eigenvalue weighted by molar-refractivity contribution is 7.99. The monoisotopic (exact) mass is 247 g/mol. The standard InChI is InChI=1S/C13H17N3S/c1-9-4-5-12(11(6-9)8-14)17-13-7-10(2)15-16(13)3/h4-7H,8,14H2,1-3H3. The van der Waals surface area contributed by atoms with Crippen molar-refractivity contribution in [1.29, 1.82) is 0 Å². The zero-order chi connectivity index (χ0) is 12.4. The van der Waals surface area contributed by atoms with Crippen LogP contribution in [-0.4, -0.2) is 9.78 Å². The molecule has 0 aliphatic heterocycles. The van der Waals surface area contributed by atoms with Crippen molar-refractivity contribution in [1.82, 2.24) is 9.78 Å². The molecule has 1 aromatic heterocycles. The van der Waals surface area contributed by atoms with E-state index in [-0.39, 0.29) is 0 Å². The molecule has 4 heteroatoms. The molecule has 3 nitrogen and oxygen atoms in total. The van der Waals surface area contributed by atoms with Crippen molar-refractivity contribution >= 4 is 11.8 Å². The fourth-order valence-electron chi connectivity index (χ4n) is 1.76. The van der Waals surface area contributed by atoms with Crippen molar-refractivity contribution in [3.8, 4) is 0 Å². The van der Waals surface area contributed by atoms with E-state index in [2.05, 4.69) is 36.3 Å². The van der Waals surface area contributed by atoms with Gasteiger partial charge in [-0.15, -0.1) is 0 Å². The van der Waals surface area contributed by atoms with Gasteiger partial charge in [0, 0.05) is 18.5 Å². The quantitative estimate of drug-likeness (QED) is 0.906. The Labute approximate surface area is 106 Å². The third kappa shape index (κ3) is 2.70. The van der Waals surface area contributed by atoms with E-state index >= 15 is 0 Å². The molecule has 0 saturated heterocycles. The van der Waals surface area contributed by atoms with Gasteiger partial charge in [-0.1, -0.05) is 29.5 Å². The average Bonchev–Trinajstić information content (AvgIpc) is 2.60. The Hall–Kier alpha value is -1.26. The molecule has 0 aliphatic carbocycles. The summed E-state index contributed by atoms with van der Waals surface area (Å²) in [7, 11) is 1.96. The highest BCUT2D eigenvalue weighted by Crippen LogP contribution is 2.30. The van der Waals surface area contributed by atoms with Crippen LogP contribution in [0.3, 0.4) is 0 Å². The molecule has 0 bridgehead atoms. The number of nitrogens with zero attached hydrogens (tertiary/aromatic N) is 2. The lowest BCUT2D eigenvalue weighted by Crippen LogP contribution is -1.99. The lowest BCUT2D eigenvalue weighted by atomic mass is 10.1. The van der Waals surface area contributed by atoms with Crippen LogP contribution in [0.2, 0.25) is 0 Å². The first-order valence-corrected chi connectivity index (χ1v) is 6.40. The summed E-state index contributed by atoms with van der Waals surface area (Å²) in [6.07, 6.45) is 0. The van der Waals surface area contributed by atoms with Crippen LogP contribution in [-0.2, 0) is 13.6 Å². The molecule has 0 atom stereocenters. The van der Waals surface area contributed by atoms with Crippen LogP contribution in [0.5, 0.6) is 0 Å². The second-order valence-electron chi connectivity index (χ2n) is 4.16. The molecule has 2 aromatic rings. The van der Waals surface area contributed by atoms with Crippen molar-refractivity contribution in [3.05, 3.63) is 41.1 Å². The molecular weight excluding hydrogens is 230 g/mol. The topological polar surface area (TPSA) is 43.8 Å². The minimum atomic E-state index is 0.570. The lowest BCUT2D eigenvalue weighted by Gasteiger charge is -2.08. The largest absolute Gasteiger partial charge is 0.326 e. The molecular formula is C13H17N3S. The smallest absolute Gasteiger partial charge is 0.0987 e. The van der Waals surface area contributed by atoms with E-state index in [1.165, 1.54) is 16.0 Å². The molecule has 0 aliphatic rings. The van der Waals surface area contributed by atoms with Crippen molar-refractivity contribution in [2.75, 3.05) is 0 Å². The molecule has 90 valence electrons. The minimum Gasteiger partial charge on any atom is -0.326 e. The van der Waals surface area contributed by atoms with E-state index in [9.17, 15) is 0 Å². The first kappa shape index (κ1) is 12.2. The van der Waals surface area contributed by atoms with E-state index in [1.807, 2.05) is 18.7 Å². The third-order valence-corrected chi connectivity index (χ3v) is 3.82. The zero-order valence-electron chi connectivity index (χ0n) is 10.4. The summed E-state index contributed by atoms with van der Waals surface area (Å²) in [6, 6.07) is 8.48. The second kappa shape index (κ2) is 4.94. The lowest BCUT2D eigenvalue weighted by molar-refractivity contribution is 0.692. The molecule has 1 aromatic carbocycles. The predicted octanol–water partition coefficient (Wildman–Crippen LogP) is 2.65. The Morgan fingerprint density at radius 2 is 2.06 bits per heavy atom. The highest BCUT2D eigenvalue weighted by Gasteiger charge is 2.07. The van der Waals surface area contributed by atoms with Crippen molar-refractivity contribution < 1.29 is 0 Å². The number of benzene rings is 1. The highest BCUT2D eigenvalue weighted by atomic mass is 32.2.